The fourth-order valence-electron chi connectivity index (χ4n) is 1.89. The van der Waals surface area contributed by atoms with Crippen LogP contribution >= 0.6 is 0 Å². The number of hydrogen-bond donors (Lipinski definition) is 1. The van der Waals surface area contributed by atoms with Gasteiger partial charge >= 0.3 is 0 Å². The normalized spacial score (nSPS) is 13.0. The highest BCUT2D eigenvalue weighted by molar-refractivity contribution is 7.89. The molecule has 0 aliphatic heterocycles. The Labute approximate surface area is 125 Å². The first-order valence-electron chi connectivity index (χ1n) is 6.81. The standard InChI is InChI=1S/C14H21FN2O3S/c1-4-10(3)9-17(5-2)14(18)11-6-12(15)8-13(7-11)21(16,19)20/h6-8,10H,4-5,9H2,1-3H3,(H2,16,19,20). The van der Waals surface area contributed by atoms with Crippen LogP contribution in [0, 0.1) is 11.7 Å². The van der Waals surface area contributed by atoms with Gasteiger partial charge in [-0.3, -0.25) is 4.79 Å². The van der Waals surface area contributed by atoms with E-state index in [1.807, 2.05) is 20.8 Å². The zero-order chi connectivity index (χ0) is 16.2. The smallest absolute Gasteiger partial charge is 0.253 e. The van der Waals surface area contributed by atoms with Gasteiger partial charge in [-0.15, -0.1) is 0 Å². The van der Waals surface area contributed by atoms with Gasteiger partial charge in [-0.05, 0) is 31.0 Å². The first-order chi connectivity index (χ1) is 9.68. The van der Waals surface area contributed by atoms with E-state index < -0.39 is 26.6 Å². The van der Waals surface area contributed by atoms with E-state index in [0.717, 1.165) is 24.6 Å². The van der Waals surface area contributed by atoms with Crippen molar-refractivity contribution in [2.75, 3.05) is 13.1 Å². The molecule has 21 heavy (non-hydrogen) atoms. The molecule has 0 saturated heterocycles. The minimum atomic E-state index is -4.05. The number of hydrogen-bond acceptors (Lipinski definition) is 3. The summed E-state index contributed by atoms with van der Waals surface area (Å²) in [6.07, 6.45) is 0.912. The summed E-state index contributed by atoms with van der Waals surface area (Å²) in [6, 6.07) is 2.94. The van der Waals surface area contributed by atoms with Gasteiger partial charge in [0, 0.05) is 18.7 Å². The van der Waals surface area contributed by atoms with Crippen molar-refractivity contribution in [3.8, 4) is 0 Å². The van der Waals surface area contributed by atoms with Crippen LogP contribution in [0.25, 0.3) is 0 Å². The molecule has 1 aromatic carbocycles. The van der Waals surface area contributed by atoms with Crippen molar-refractivity contribution in [1.82, 2.24) is 4.90 Å². The number of carbonyl (C=O) groups excluding carboxylic acids is 1. The molecule has 0 saturated carbocycles. The van der Waals surface area contributed by atoms with Crippen LogP contribution < -0.4 is 5.14 Å². The molecule has 1 amide bonds. The topological polar surface area (TPSA) is 80.5 Å². The third-order valence-electron chi connectivity index (χ3n) is 3.34. The summed E-state index contributed by atoms with van der Waals surface area (Å²) in [5.41, 5.74) is -0.0100. The van der Waals surface area contributed by atoms with E-state index in [1.54, 1.807) is 4.90 Å². The van der Waals surface area contributed by atoms with Gasteiger partial charge in [-0.2, -0.15) is 0 Å². The molecule has 0 aliphatic rings. The number of benzene rings is 1. The Balaban J connectivity index is 3.14. The Kier molecular flexibility index (Phi) is 5.86. The van der Waals surface area contributed by atoms with E-state index in [4.69, 9.17) is 5.14 Å². The lowest BCUT2D eigenvalue weighted by Crippen LogP contribution is -2.34. The summed E-state index contributed by atoms with van der Waals surface area (Å²) in [5, 5.41) is 4.99. The van der Waals surface area contributed by atoms with E-state index in [2.05, 4.69) is 0 Å². The predicted octanol–water partition coefficient (Wildman–Crippen LogP) is 1.98. The zero-order valence-electron chi connectivity index (χ0n) is 12.5. The van der Waals surface area contributed by atoms with Gasteiger partial charge in [0.25, 0.3) is 5.91 Å². The molecule has 0 aromatic heterocycles. The molecule has 118 valence electrons. The Bertz CT molecular complexity index is 617. The molecule has 0 aliphatic carbocycles. The third kappa shape index (κ3) is 4.78. The fourth-order valence-corrected chi connectivity index (χ4v) is 2.46. The van der Waals surface area contributed by atoms with E-state index in [9.17, 15) is 17.6 Å². The summed E-state index contributed by atoms with van der Waals surface area (Å²) >= 11 is 0. The molecule has 1 atom stereocenters. The number of halogens is 1. The number of amides is 1. The lowest BCUT2D eigenvalue weighted by molar-refractivity contribution is 0.0740. The second-order valence-corrected chi connectivity index (χ2v) is 6.64. The largest absolute Gasteiger partial charge is 0.339 e. The number of primary sulfonamides is 1. The quantitative estimate of drug-likeness (QED) is 0.871. The summed E-state index contributed by atoms with van der Waals surface area (Å²) in [4.78, 5) is 13.5. The first-order valence-corrected chi connectivity index (χ1v) is 8.36. The fraction of sp³-hybridized carbons (Fsp3) is 0.500. The van der Waals surface area contributed by atoms with Crippen molar-refractivity contribution in [3.05, 3.63) is 29.6 Å². The van der Waals surface area contributed by atoms with E-state index in [1.165, 1.54) is 0 Å². The number of nitrogens with zero attached hydrogens (tertiary/aromatic N) is 1. The number of rotatable bonds is 6. The molecule has 2 N–H and O–H groups in total. The second-order valence-electron chi connectivity index (χ2n) is 5.08. The van der Waals surface area contributed by atoms with Gasteiger partial charge in [-0.1, -0.05) is 20.3 Å². The van der Waals surface area contributed by atoms with Crippen LogP contribution in [0.3, 0.4) is 0 Å². The molecule has 5 nitrogen and oxygen atoms in total. The number of nitrogens with two attached hydrogens (primary N) is 1. The Hall–Kier alpha value is -1.47. The molecular weight excluding hydrogens is 295 g/mol. The van der Waals surface area contributed by atoms with Gasteiger partial charge in [0.2, 0.25) is 10.0 Å². The van der Waals surface area contributed by atoms with Crippen molar-refractivity contribution in [3.63, 3.8) is 0 Å². The highest BCUT2D eigenvalue weighted by atomic mass is 32.2. The molecule has 0 spiro atoms. The minimum absolute atomic E-state index is 0.0100. The van der Waals surface area contributed by atoms with Crippen molar-refractivity contribution < 1.29 is 17.6 Å². The van der Waals surface area contributed by atoms with E-state index in [0.29, 0.717) is 19.0 Å². The highest BCUT2D eigenvalue weighted by Gasteiger charge is 2.19. The SMILES string of the molecule is CCC(C)CN(CC)C(=O)c1cc(F)cc(S(N)(=O)=O)c1. The van der Waals surface area contributed by atoms with E-state index in [-0.39, 0.29) is 5.56 Å². The van der Waals surface area contributed by atoms with Crippen LogP contribution in [0.5, 0.6) is 0 Å². The predicted molar refractivity (Wildman–Crippen MR) is 78.8 cm³/mol. The van der Waals surface area contributed by atoms with Gasteiger partial charge in [0.15, 0.2) is 0 Å². The Morgan fingerprint density at radius 1 is 1.33 bits per heavy atom. The first kappa shape index (κ1) is 17.6. The van der Waals surface area contributed by atoms with Crippen LogP contribution in [0.1, 0.15) is 37.6 Å². The lowest BCUT2D eigenvalue weighted by Gasteiger charge is -2.24. The van der Waals surface area contributed by atoms with Gasteiger partial charge in [0.05, 0.1) is 4.90 Å². The maximum Gasteiger partial charge on any atom is 0.253 e. The summed E-state index contributed by atoms with van der Waals surface area (Å²) in [7, 11) is -4.05. The summed E-state index contributed by atoms with van der Waals surface area (Å²) in [6.45, 7) is 6.85. The van der Waals surface area contributed by atoms with Crippen molar-refractivity contribution in [1.29, 1.82) is 0 Å². The van der Waals surface area contributed by atoms with Crippen LogP contribution in [0.4, 0.5) is 4.39 Å². The molecule has 0 fully saturated rings. The van der Waals surface area contributed by atoms with Crippen LogP contribution in [-0.4, -0.2) is 32.3 Å². The average Bonchev–Trinajstić information content (AvgIpc) is 2.42. The zero-order valence-corrected chi connectivity index (χ0v) is 13.3. The maximum atomic E-state index is 13.5. The summed E-state index contributed by atoms with van der Waals surface area (Å²) < 4.78 is 36.1. The Morgan fingerprint density at radius 2 is 1.95 bits per heavy atom. The van der Waals surface area contributed by atoms with E-state index >= 15 is 0 Å². The lowest BCUT2D eigenvalue weighted by atomic mass is 10.1. The molecule has 1 aromatic rings. The molecular formula is C14H21FN2O3S. The minimum Gasteiger partial charge on any atom is -0.339 e. The van der Waals surface area contributed by atoms with Gasteiger partial charge in [0.1, 0.15) is 5.82 Å². The summed E-state index contributed by atoms with van der Waals surface area (Å²) in [5.74, 6) is -0.896. The van der Waals surface area contributed by atoms with Crippen LogP contribution in [0.15, 0.2) is 23.1 Å². The average molecular weight is 316 g/mol. The van der Waals surface area contributed by atoms with Crippen molar-refractivity contribution in [2.45, 2.75) is 32.1 Å². The highest BCUT2D eigenvalue weighted by Crippen LogP contribution is 2.16. The second kappa shape index (κ2) is 7.00. The van der Waals surface area contributed by atoms with Crippen LogP contribution in [0.2, 0.25) is 0 Å². The van der Waals surface area contributed by atoms with Crippen LogP contribution in [-0.2, 0) is 10.0 Å². The third-order valence-corrected chi connectivity index (χ3v) is 4.24. The molecule has 0 bridgehead atoms. The molecule has 7 heteroatoms. The monoisotopic (exact) mass is 316 g/mol. The van der Waals surface area contributed by atoms with Gasteiger partial charge in [-0.25, -0.2) is 17.9 Å². The Morgan fingerprint density at radius 3 is 2.43 bits per heavy atom. The molecule has 0 heterocycles. The molecule has 1 unspecified atom stereocenters. The molecule has 0 radical (unpaired) electrons. The number of sulfonamides is 1. The number of carbonyl (C=O) groups is 1. The van der Waals surface area contributed by atoms with Crippen molar-refractivity contribution >= 4 is 15.9 Å². The van der Waals surface area contributed by atoms with Crippen molar-refractivity contribution in [2.24, 2.45) is 11.1 Å². The molecule has 1 rings (SSSR count). The maximum absolute atomic E-state index is 13.5. The van der Waals surface area contributed by atoms with Gasteiger partial charge < -0.3 is 4.90 Å².